The van der Waals surface area contributed by atoms with Gasteiger partial charge in [0.2, 0.25) is 0 Å². The van der Waals surface area contributed by atoms with Crippen LogP contribution < -0.4 is 11.6 Å². The fourth-order valence-corrected chi connectivity index (χ4v) is 1.60. The van der Waals surface area contributed by atoms with Gasteiger partial charge in [0.05, 0.1) is 0 Å². The van der Waals surface area contributed by atoms with Crippen LogP contribution in [0.2, 0.25) is 5.02 Å². The van der Waals surface area contributed by atoms with Crippen LogP contribution in [-0.2, 0) is 5.75 Å². The lowest BCUT2D eigenvalue weighted by Gasteiger charge is -2.00. The number of rotatable bonds is 2. The van der Waals surface area contributed by atoms with Crippen molar-refractivity contribution in [3.8, 4) is 0 Å². The van der Waals surface area contributed by atoms with Crippen molar-refractivity contribution in [2.75, 3.05) is 0 Å². The number of hydrogen-bond donors (Lipinski definition) is 2. The van der Waals surface area contributed by atoms with Gasteiger partial charge in [0, 0.05) is 10.8 Å². The summed E-state index contributed by atoms with van der Waals surface area (Å²) in [7, 11) is 0. The van der Waals surface area contributed by atoms with Gasteiger partial charge in [-0.25, -0.2) is 0 Å². The largest absolute Gasteiger partial charge is 0.377 e. The molecular weight excluding hydrogens is 206 g/mol. The zero-order valence-corrected chi connectivity index (χ0v) is 8.48. The van der Waals surface area contributed by atoms with E-state index < -0.39 is 0 Å². The minimum Gasteiger partial charge on any atom is -0.377 e. The predicted octanol–water partition coefficient (Wildman–Crippen LogP) is 1.76. The van der Waals surface area contributed by atoms with Gasteiger partial charge >= 0.3 is 0 Å². The van der Waals surface area contributed by atoms with E-state index in [1.54, 1.807) is 0 Å². The summed E-state index contributed by atoms with van der Waals surface area (Å²) in [6, 6.07) is 7.59. The van der Waals surface area contributed by atoms with E-state index in [2.05, 4.69) is 5.10 Å². The Kier molecular flexibility index (Phi) is 3.92. The van der Waals surface area contributed by atoms with Crippen molar-refractivity contribution >= 4 is 28.5 Å². The van der Waals surface area contributed by atoms with Crippen LogP contribution >= 0.6 is 23.4 Å². The maximum atomic E-state index is 5.80. The van der Waals surface area contributed by atoms with Gasteiger partial charge in [-0.2, -0.15) is 5.10 Å². The highest BCUT2D eigenvalue weighted by Crippen LogP contribution is 2.16. The standard InChI is InChI=1S/C8H10ClN3S/c9-7-3-1-2-6(4-7)5-13-8(10)12-11/h1-4H,5,11H2,(H2,10,12). The summed E-state index contributed by atoms with van der Waals surface area (Å²) in [5.74, 6) is 5.71. The highest BCUT2D eigenvalue weighted by atomic mass is 35.5. The average molecular weight is 216 g/mol. The first kappa shape index (κ1) is 10.2. The van der Waals surface area contributed by atoms with E-state index in [1.807, 2.05) is 24.3 Å². The molecule has 0 saturated carbocycles. The van der Waals surface area contributed by atoms with Crippen LogP contribution in [0.15, 0.2) is 29.4 Å². The molecule has 3 nitrogen and oxygen atoms in total. The molecule has 70 valence electrons. The van der Waals surface area contributed by atoms with Gasteiger partial charge < -0.3 is 11.6 Å². The predicted molar refractivity (Wildman–Crippen MR) is 58.6 cm³/mol. The number of hydrazone groups is 1. The first-order valence-electron chi connectivity index (χ1n) is 3.63. The Morgan fingerprint density at radius 2 is 2.31 bits per heavy atom. The molecule has 4 N–H and O–H groups in total. The molecule has 1 aromatic carbocycles. The first-order chi connectivity index (χ1) is 6.22. The van der Waals surface area contributed by atoms with E-state index in [1.165, 1.54) is 11.8 Å². The lowest BCUT2D eigenvalue weighted by molar-refractivity contribution is 1.25. The fraction of sp³-hybridized carbons (Fsp3) is 0.125. The summed E-state index contributed by atoms with van der Waals surface area (Å²) in [6.07, 6.45) is 0. The molecule has 0 amide bonds. The third kappa shape index (κ3) is 3.57. The zero-order chi connectivity index (χ0) is 9.68. The van der Waals surface area contributed by atoms with Crippen molar-refractivity contribution in [2.45, 2.75) is 5.75 Å². The molecule has 0 fully saturated rings. The fourth-order valence-electron chi connectivity index (χ4n) is 0.821. The minimum atomic E-state index is 0.375. The average Bonchev–Trinajstić information content (AvgIpc) is 2.14. The van der Waals surface area contributed by atoms with E-state index in [9.17, 15) is 0 Å². The Morgan fingerprint density at radius 1 is 1.54 bits per heavy atom. The van der Waals surface area contributed by atoms with Crippen LogP contribution in [0.5, 0.6) is 0 Å². The molecule has 1 aromatic rings. The molecule has 0 radical (unpaired) electrons. The van der Waals surface area contributed by atoms with Gasteiger partial charge in [0.1, 0.15) is 0 Å². The first-order valence-corrected chi connectivity index (χ1v) is 4.99. The lowest BCUT2D eigenvalue weighted by Crippen LogP contribution is -2.09. The van der Waals surface area contributed by atoms with Crippen LogP contribution in [0, 0.1) is 0 Å². The van der Waals surface area contributed by atoms with E-state index in [0.29, 0.717) is 5.17 Å². The molecule has 1 rings (SSSR count). The van der Waals surface area contributed by atoms with Crippen LogP contribution in [0.4, 0.5) is 0 Å². The normalized spacial score (nSPS) is 11.6. The van der Waals surface area contributed by atoms with Crippen LogP contribution in [0.3, 0.4) is 0 Å². The van der Waals surface area contributed by atoms with Gasteiger partial charge in [0.15, 0.2) is 5.17 Å². The smallest absolute Gasteiger partial charge is 0.177 e. The highest BCUT2D eigenvalue weighted by molar-refractivity contribution is 8.13. The second kappa shape index (κ2) is 4.99. The number of nitrogens with two attached hydrogens (primary N) is 2. The van der Waals surface area contributed by atoms with E-state index in [-0.39, 0.29) is 0 Å². The summed E-state index contributed by atoms with van der Waals surface area (Å²) in [5, 5.41) is 4.45. The van der Waals surface area contributed by atoms with Gasteiger partial charge in [-0.15, -0.1) is 0 Å². The van der Waals surface area contributed by atoms with Crippen molar-refractivity contribution < 1.29 is 0 Å². The molecule has 0 bridgehead atoms. The molecular formula is C8H10ClN3S. The van der Waals surface area contributed by atoms with Crippen LogP contribution in [-0.4, -0.2) is 5.17 Å². The van der Waals surface area contributed by atoms with Crippen LogP contribution in [0.1, 0.15) is 5.56 Å². The molecule has 0 atom stereocenters. The third-order valence-corrected chi connectivity index (χ3v) is 2.52. The molecule has 0 saturated heterocycles. The Morgan fingerprint density at radius 3 is 2.92 bits per heavy atom. The summed E-state index contributed by atoms with van der Waals surface area (Å²) in [6.45, 7) is 0. The molecule has 0 aliphatic carbocycles. The second-order valence-electron chi connectivity index (χ2n) is 2.39. The SMILES string of the molecule is N/N=C(/N)SCc1cccc(Cl)c1. The molecule has 0 unspecified atom stereocenters. The molecule has 0 aliphatic heterocycles. The molecule has 0 aliphatic rings. The van der Waals surface area contributed by atoms with Gasteiger partial charge in [-0.3, -0.25) is 0 Å². The van der Waals surface area contributed by atoms with Gasteiger partial charge in [-0.05, 0) is 17.7 Å². The summed E-state index contributed by atoms with van der Waals surface area (Å²) < 4.78 is 0. The highest BCUT2D eigenvalue weighted by Gasteiger charge is 1.96. The monoisotopic (exact) mass is 215 g/mol. The molecule has 0 heterocycles. The summed E-state index contributed by atoms with van der Waals surface area (Å²) in [5.41, 5.74) is 6.51. The number of halogens is 1. The van der Waals surface area contributed by atoms with Crippen molar-refractivity contribution in [1.29, 1.82) is 0 Å². The molecule has 0 aromatic heterocycles. The van der Waals surface area contributed by atoms with Crippen molar-refractivity contribution in [2.24, 2.45) is 16.7 Å². The Balaban J connectivity index is 2.55. The van der Waals surface area contributed by atoms with Crippen LogP contribution in [0.25, 0.3) is 0 Å². The van der Waals surface area contributed by atoms with E-state index in [4.69, 9.17) is 23.2 Å². The number of nitrogens with zero attached hydrogens (tertiary/aromatic N) is 1. The van der Waals surface area contributed by atoms with E-state index in [0.717, 1.165) is 16.3 Å². The molecule has 5 heteroatoms. The zero-order valence-electron chi connectivity index (χ0n) is 6.90. The maximum absolute atomic E-state index is 5.80. The summed E-state index contributed by atoms with van der Waals surface area (Å²) >= 11 is 7.18. The number of thioether (sulfide) groups is 1. The molecule has 13 heavy (non-hydrogen) atoms. The Labute approximate surface area is 86.1 Å². The number of benzene rings is 1. The second-order valence-corrected chi connectivity index (χ2v) is 3.82. The quantitative estimate of drug-likeness (QED) is 0.342. The molecule has 0 spiro atoms. The Bertz CT molecular complexity index is 314. The van der Waals surface area contributed by atoms with Crippen molar-refractivity contribution in [1.82, 2.24) is 0 Å². The Hall–Kier alpha value is -0.870. The third-order valence-electron chi connectivity index (χ3n) is 1.40. The topological polar surface area (TPSA) is 64.4 Å². The maximum Gasteiger partial charge on any atom is 0.177 e. The number of hydrogen-bond acceptors (Lipinski definition) is 3. The lowest BCUT2D eigenvalue weighted by atomic mass is 10.2. The van der Waals surface area contributed by atoms with Gasteiger partial charge in [-0.1, -0.05) is 35.5 Å². The number of amidine groups is 1. The minimum absolute atomic E-state index is 0.375. The summed E-state index contributed by atoms with van der Waals surface area (Å²) in [4.78, 5) is 0. The van der Waals surface area contributed by atoms with Gasteiger partial charge in [0.25, 0.3) is 0 Å². The van der Waals surface area contributed by atoms with E-state index >= 15 is 0 Å². The van der Waals surface area contributed by atoms with Crippen molar-refractivity contribution in [3.05, 3.63) is 34.9 Å². The van der Waals surface area contributed by atoms with Crippen molar-refractivity contribution in [3.63, 3.8) is 0 Å².